The van der Waals surface area contributed by atoms with Gasteiger partial charge < -0.3 is 9.64 Å². The maximum Gasteiger partial charge on any atom is 0.260 e. The van der Waals surface area contributed by atoms with Crippen LogP contribution in [0.15, 0.2) is 78.0 Å². The number of fused-ring (bicyclic) bond motifs is 1. The lowest BCUT2D eigenvalue weighted by molar-refractivity contribution is -0.134. The van der Waals surface area contributed by atoms with Crippen molar-refractivity contribution in [1.29, 1.82) is 0 Å². The van der Waals surface area contributed by atoms with Gasteiger partial charge in [-0.1, -0.05) is 30.3 Å². The van der Waals surface area contributed by atoms with Crippen LogP contribution in [0.1, 0.15) is 0 Å². The van der Waals surface area contributed by atoms with E-state index in [1.165, 1.54) is 15.3 Å². The molecule has 10 nitrogen and oxygen atoms in total. The summed E-state index contributed by atoms with van der Waals surface area (Å²) in [6.07, 6.45) is 1.49. The van der Waals surface area contributed by atoms with Gasteiger partial charge >= 0.3 is 0 Å². The van der Waals surface area contributed by atoms with Crippen molar-refractivity contribution in [2.45, 2.75) is 4.90 Å². The van der Waals surface area contributed by atoms with E-state index in [-0.39, 0.29) is 30.5 Å². The average molecular weight is 479 g/mol. The van der Waals surface area contributed by atoms with E-state index in [9.17, 15) is 13.2 Å². The molecule has 3 aromatic carbocycles. The minimum absolute atomic E-state index is 0.123. The summed E-state index contributed by atoms with van der Waals surface area (Å²) in [6.45, 7) is 0.977. The van der Waals surface area contributed by atoms with Gasteiger partial charge in [-0.05, 0) is 57.6 Å². The number of carbonyl (C=O) groups excluding carboxylic acids is 1. The van der Waals surface area contributed by atoms with Crippen LogP contribution in [0, 0.1) is 0 Å². The molecule has 174 valence electrons. The Kier molecular flexibility index (Phi) is 5.95. The number of aromatic nitrogens is 4. The number of benzene rings is 3. The molecule has 0 bridgehead atoms. The molecule has 1 aliphatic heterocycles. The minimum Gasteiger partial charge on any atom is -0.484 e. The van der Waals surface area contributed by atoms with Crippen LogP contribution in [0.4, 0.5) is 0 Å². The second-order valence-electron chi connectivity index (χ2n) is 7.83. The van der Waals surface area contributed by atoms with Crippen LogP contribution in [-0.4, -0.2) is 76.5 Å². The Labute approximate surface area is 196 Å². The molecular weight excluding hydrogens is 456 g/mol. The SMILES string of the molecule is O=C(COc1ccc(-n2cnnn2)cc1)N1CCN(S(=O)(=O)c2ccc3ccccc3c2)CC1. The summed E-state index contributed by atoms with van der Waals surface area (Å²) in [5.41, 5.74) is 0.771. The van der Waals surface area contributed by atoms with E-state index in [0.29, 0.717) is 18.8 Å². The maximum atomic E-state index is 13.1. The molecule has 1 aromatic heterocycles. The molecule has 0 aliphatic carbocycles. The maximum absolute atomic E-state index is 13.1. The number of hydrogen-bond acceptors (Lipinski definition) is 7. The molecule has 1 aliphatic rings. The van der Waals surface area contributed by atoms with Crippen LogP contribution >= 0.6 is 0 Å². The van der Waals surface area contributed by atoms with E-state index in [1.807, 2.05) is 30.3 Å². The zero-order valence-corrected chi connectivity index (χ0v) is 19.0. The third-order valence-corrected chi connectivity index (χ3v) is 7.66. The second-order valence-corrected chi connectivity index (χ2v) is 9.77. The van der Waals surface area contributed by atoms with Crippen LogP contribution in [0.2, 0.25) is 0 Å². The van der Waals surface area contributed by atoms with Crippen molar-refractivity contribution in [1.82, 2.24) is 29.4 Å². The number of hydrogen-bond donors (Lipinski definition) is 0. The minimum atomic E-state index is -3.63. The molecule has 0 unspecified atom stereocenters. The lowest BCUT2D eigenvalue weighted by Crippen LogP contribution is -2.51. The predicted molar refractivity (Wildman–Crippen MR) is 124 cm³/mol. The molecule has 34 heavy (non-hydrogen) atoms. The highest BCUT2D eigenvalue weighted by Gasteiger charge is 2.30. The van der Waals surface area contributed by atoms with Gasteiger partial charge in [-0.15, -0.1) is 5.10 Å². The molecule has 11 heteroatoms. The molecule has 0 spiro atoms. The average Bonchev–Trinajstić information content (AvgIpc) is 3.42. The molecule has 1 saturated heterocycles. The zero-order chi connectivity index (χ0) is 23.5. The molecule has 0 atom stereocenters. The fourth-order valence-corrected chi connectivity index (χ4v) is 5.32. The number of amides is 1. The van der Waals surface area contributed by atoms with Crippen LogP contribution in [0.3, 0.4) is 0 Å². The number of rotatable bonds is 6. The normalized spacial score (nSPS) is 14.9. The van der Waals surface area contributed by atoms with E-state index in [0.717, 1.165) is 16.5 Å². The Morgan fingerprint density at radius 1 is 0.912 bits per heavy atom. The van der Waals surface area contributed by atoms with Gasteiger partial charge in [0.25, 0.3) is 5.91 Å². The number of carbonyl (C=O) groups is 1. The molecule has 2 heterocycles. The highest BCUT2D eigenvalue weighted by molar-refractivity contribution is 7.89. The molecule has 4 aromatic rings. The van der Waals surface area contributed by atoms with Crippen LogP contribution in [-0.2, 0) is 14.8 Å². The summed E-state index contributed by atoms with van der Waals surface area (Å²) in [6, 6.07) is 19.8. The Morgan fingerprint density at radius 2 is 1.65 bits per heavy atom. The van der Waals surface area contributed by atoms with Gasteiger partial charge in [0.05, 0.1) is 10.6 Å². The van der Waals surface area contributed by atoms with E-state index in [1.54, 1.807) is 41.3 Å². The lowest BCUT2D eigenvalue weighted by atomic mass is 10.1. The van der Waals surface area contributed by atoms with Crippen molar-refractivity contribution in [3.63, 3.8) is 0 Å². The summed E-state index contributed by atoms with van der Waals surface area (Å²) in [5.74, 6) is 0.356. The fraction of sp³-hybridized carbons (Fsp3) is 0.217. The van der Waals surface area contributed by atoms with Crippen molar-refractivity contribution in [2.75, 3.05) is 32.8 Å². The summed E-state index contributed by atoms with van der Waals surface area (Å²) in [4.78, 5) is 14.5. The van der Waals surface area contributed by atoms with Gasteiger partial charge in [0.15, 0.2) is 6.61 Å². The molecule has 0 N–H and O–H groups in total. The molecule has 1 amide bonds. The summed E-state index contributed by atoms with van der Waals surface area (Å²) >= 11 is 0. The van der Waals surface area contributed by atoms with E-state index >= 15 is 0 Å². The second kappa shape index (κ2) is 9.20. The van der Waals surface area contributed by atoms with Crippen molar-refractivity contribution in [3.05, 3.63) is 73.1 Å². The first kappa shape index (κ1) is 22.0. The van der Waals surface area contributed by atoms with E-state index in [2.05, 4.69) is 15.5 Å². The highest BCUT2D eigenvalue weighted by atomic mass is 32.2. The molecular formula is C23H22N6O4S. The van der Waals surface area contributed by atoms with Crippen LogP contribution < -0.4 is 4.74 Å². The first-order chi connectivity index (χ1) is 16.5. The summed E-state index contributed by atoms with van der Waals surface area (Å²) < 4.78 is 34.8. The van der Waals surface area contributed by atoms with E-state index < -0.39 is 10.0 Å². The van der Waals surface area contributed by atoms with Gasteiger partial charge in [0.1, 0.15) is 12.1 Å². The van der Waals surface area contributed by atoms with E-state index in [4.69, 9.17) is 4.74 Å². The lowest BCUT2D eigenvalue weighted by Gasteiger charge is -2.34. The number of ether oxygens (including phenoxy) is 1. The van der Waals surface area contributed by atoms with Crippen LogP contribution in [0.5, 0.6) is 5.75 Å². The molecule has 1 fully saturated rings. The Balaban J connectivity index is 1.16. The number of tetrazole rings is 1. The molecule has 0 radical (unpaired) electrons. The topological polar surface area (TPSA) is 111 Å². The number of sulfonamides is 1. The Bertz CT molecular complexity index is 1400. The van der Waals surface area contributed by atoms with Gasteiger partial charge in [-0.25, -0.2) is 13.1 Å². The first-order valence-corrected chi connectivity index (χ1v) is 12.2. The highest BCUT2D eigenvalue weighted by Crippen LogP contribution is 2.23. The predicted octanol–water partition coefficient (Wildman–Crippen LogP) is 1.73. The third-order valence-electron chi connectivity index (χ3n) is 5.76. The Morgan fingerprint density at radius 3 is 2.35 bits per heavy atom. The van der Waals surface area contributed by atoms with Gasteiger partial charge in [-0.2, -0.15) is 4.31 Å². The smallest absolute Gasteiger partial charge is 0.260 e. The largest absolute Gasteiger partial charge is 0.484 e. The van der Waals surface area contributed by atoms with Crippen molar-refractivity contribution in [2.24, 2.45) is 0 Å². The monoisotopic (exact) mass is 478 g/mol. The van der Waals surface area contributed by atoms with Crippen molar-refractivity contribution < 1.29 is 17.9 Å². The molecule has 5 rings (SSSR count). The fourth-order valence-electron chi connectivity index (χ4n) is 3.87. The summed E-state index contributed by atoms with van der Waals surface area (Å²) in [5, 5.41) is 12.9. The van der Waals surface area contributed by atoms with Crippen molar-refractivity contribution >= 4 is 26.7 Å². The van der Waals surface area contributed by atoms with Gasteiger partial charge in [0, 0.05) is 26.2 Å². The standard InChI is InChI=1S/C23H22N6O4S/c30-23(16-33-21-8-6-20(7-9-21)29-17-24-25-26-29)27-11-13-28(14-12-27)34(31,32)22-10-5-18-3-1-2-4-19(18)15-22/h1-10,15,17H,11-14,16H2. The van der Waals surface area contributed by atoms with Crippen LogP contribution in [0.25, 0.3) is 16.5 Å². The number of nitrogens with zero attached hydrogens (tertiary/aromatic N) is 6. The quantitative estimate of drug-likeness (QED) is 0.415. The summed E-state index contributed by atoms with van der Waals surface area (Å²) in [7, 11) is -3.63. The third kappa shape index (κ3) is 4.47. The first-order valence-electron chi connectivity index (χ1n) is 10.7. The molecule has 0 saturated carbocycles. The van der Waals surface area contributed by atoms with Gasteiger partial charge in [-0.3, -0.25) is 4.79 Å². The van der Waals surface area contributed by atoms with Gasteiger partial charge in [0.2, 0.25) is 10.0 Å². The van der Waals surface area contributed by atoms with Crippen molar-refractivity contribution in [3.8, 4) is 11.4 Å². The Hall–Kier alpha value is -3.83. The number of piperazine rings is 1. The zero-order valence-electron chi connectivity index (χ0n) is 18.2.